The van der Waals surface area contributed by atoms with Gasteiger partial charge < -0.3 is 4.43 Å². The van der Waals surface area contributed by atoms with Crippen LogP contribution in [0.15, 0.2) is 28.7 Å². The largest absolute Gasteiger partial charge is 0.410 e. The molecule has 0 saturated heterocycles. The van der Waals surface area contributed by atoms with Crippen molar-refractivity contribution in [2.45, 2.75) is 83.8 Å². The summed E-state index contributed by atoms with van der Waals surface area (Å²) in [5, 5.41) is 2.84. The molecule has 1 rings (SSSR count). The first-order valence-corrected chi connectivity index (χ1v) is 10.9. The van der Waals surface area contributed by atoms with Gasteiger partial charge in [0.25, 0.3) is 0 Å². The number of benzene rings is 1. The summed E-state index contributed by atoms with van der Waals surface area (Å²) in [5.41, 5.74) is -0.536. The Hall–Kier alpha value is -0.373. The predicted octanol–water partition coefficient (Wildman–Crippen LogP) is 6.69. The maximum absolute atomic E-state index is 13.9. The molecule has 154 valence electrons. The fourth-order valence-corrected chi connectivity index (χ4v) is 3.78. The fourth-order valence-electron chi connectivity index (χ4n) is 2.65. The number of nitrogens with one attached hydrogen (secondary N) is 1. The van der Waals surface area contributed by atoms with E-state index in [1.807, 2.05) is 27.7 Å². The Bertz CT molecular complexity index is 600. The molecule has 0 spiro atoms. The van der Waals surface area contributed by atoms with E-state index in [1.165, 1.54) is 12.1 Å². The smallest absolute Gasteiger partial charge is 0.407 e. The predicted molar refractivity (Wildman–Crippen MR) is 110 cm³/mol. The lowest BCUT2D eigenvalue weighted by atomic mass is 9.89. The molecule has 0 unspecified atom stereocenters. The lowest BCUT2D eigenvalue weighted by Gasteiger charge is -2.40. The van der Waals surface area contributed by atoms with Gasteiger partial charge in [0.1, 0.15) is 6.04 Å². The van der Waals surface area contributed by atoms with Crippen LogP contribution in [0.1, 0.15) is 66.5 Å². The lowest BCUT2D eigenvalue weighted by molar-refractivity contribution is -0.163. The first-order chi connectivity index (χ1) is 12.1. The summed E-state index contributed by atoms with van der Waals surface area (Å²) in [4.78, 5) is 0. The topological polar surface area (TPSA) is 21.3 Å². The minimum absolute atomic E-state index is 0.0344. The zero-order valence-electron chi connectivity index (χ0n) is 17.2. The third-order valence-corrected chi connectivity index (χ3v) is 5.78. The minimum Gasteiger partial charge on any atom is -0.410 e. The molecule has 0 heterocycles. The van der Waals surface area contributed by atoms with E-state index in [0.29, 0.717) is 10.9 Å². The third-order valence-electron chi connectivity index (χ3n) is 4.04. The van der Waals surface area contributed by atoms with Gasteiger partial charge in [-0.2, -0.15) is 13.2 Å². The number of halogens is 4. The average molecular weight is 466 g/mol. The first kappa shape index (κ1) is 24.7. The zero-order valence-corrected chi connectivity index (χ0v) is 19.8. The van der Waals surface area contributed by atoms with Crippen LogP contribution in [0.4, 0.5) is 13.2 Å². The highest BCUT2D eigenvalue weighted by Crippen LogP contribution is 2.36. The Morgan fingerprint density at radius 1 is 1.11 bits per heavy atom. The molecule has 0 aliphatic rings. The highest BCUT2D eigenvalue weighted by molar-refractivity contribution is 9.10. The van der Waals surface area contributed by atoms with Crippen LogP contribution in [0.2, 0.25) is 5.04 Å². The van der Waals surface area contributed by atoms with Gasteiger partial charge in [-0.1, -0.05) is 62.7 Å². The highest BCUT2D eigenvalue weighted by Gasteiger charge is 2.44. The molecule has 1 aromatic carbocycles. The number of alkyl halides is 3. The molecule has 2 radical (unpaired) electrons. The maximum atomic E-state index is 13.9. The molecule has 0 aromatic heterocycles. The molecule has 0 saturated carbocycles. The van der Waals surface area contributed by atoms with Crippen molar-refractivity contribution >= 4 is 25.7 Å². The lowest BCUT2D eigenvalue weighted by Crippen LogP contribution is -2.53. The zero-order chi connectivity index (χ0) is 21.0. The van der Waals surface area contributed by atoms with Gasteiger partial charge in [-0.3, -0.25) is 5.32 Å². The minimum atomic E-state index is -4.40. The molecule has 2 atom stereocenters. The molecule has 0 bridgehead atoms. The molecule has 2 nitrogen and oxygen atoms in total. The van der Waals surface area contributed by atoms with Crippen LogP contribution in [0, 0.1) is 5.92 Å². The van der Waals surface area contributed by atoms with E-state index in [2.05, 4.69) is 42.0 Å². The molecule has 1 N–H and O–H groups in total. The van der Waals surface area contributed by atoms with Gasteiger partial charge in [0.05, 0.1) is 5.60 Å². The van der Waals surface area contributed by atoms with Crippen LogP contribution in [0.3, 0.4) is 0 Å². The summed E-state index contributed by atoms with van der Waals surface area (Å²) in [6.07, 6.45) is -3.82. The SMILES string of the molecule is CC(C)C[C@H](N[C@@H](c1cccc(Br)c1)C(F)(F)F)C(C)(C)O[Si]C(C)(C)C. The Morgan fingerprint density at radius 3 is 2.15 bits per heavy atom. The van der Waals surface area contributed by atoms with E-state index < -0.39 is 23.9 Å². The normalized spacial score (nSPS) is 15.9. The second kappa shape index (κ2) is 9.42. The molecule has 0 amide bonds. The van der Waals surface area contributed by atoms with Crippen LogP contribution >= 0.6 is 15.9 Å². The van der Waals surface area contributed by atoms with Crippen molar-refractivity contribution in [2.24, 2.45) is 5.92 Å². The van der Waals surface area contributed by atoms with E-state index >= 15 is 0 Å². The Morgan fingerprint density at radius 2 is 1.70 bits per heavy atom. The highest BCUT2D eigenvalue weighted by atomic mass is 79.9. The van der Waals surface area contributed by atoms with E-state index in [4.69, 9.17) is 4.43 Å². The van der Waals surface area contributed by atoms with Crippen molar-refractivity contribution in [1.82, 2.24) is 5.32 Å². The Labute approximate surface area is 172 Å². The van der Waals surface area contributed by atoms with Gasteiger partial charge in [0, 0.05) is 10.5 Å². The van der Waals surface area contributed by atoms with E-state index in [-0.39, 0.29) is 26.3 Å². The van der Waals surface area contributed by atoms with Crippen LogP contribution in [0.25, 0.3) is 0 Å². The second-order valence-electron chi connectivity index (χ2n) is 8.94. The molecular weight excluding hydrogens is 435 g/mol. The summed E-state index contributed by atoms with van der Waals surface area (Å²) in [7, 11) is 0.201. The van der Waals surface area contributed by atoms with Crippen LogP contribution < -0.4 is 5.32 Å². The first-order valence-electron chi connectivity index (χ1n) is 9.15. The van der Waals surface area contributed by atoms with Crippen molar-refractivity contribution in [3.63, 3.8) is 0 Å². The average Bonchev–Trinajstić information content (AvgIpc) is 2.47. The molecule has 27 heavy (non-hydrogen) atoms. The van der Waals surface area contributed by atoms with E-state index in [1.54, 1.807) is 12.1 Å². The van der Waals surface area contributed by atoms with Gasteiger partial charge in [-0.05, 0) is 48.9 Å². The molecular formula is C20H31BrF3NOSi. The second-order valence-corrected chi connectivity index (χ2v) is 11.8. The monoisotopic (exact) mass is 465 g/mol. The maximum Gasteiger partial charge on any atom is 0.407 e. The van der Waals surface area contributed by atoms with Gasteiger partial charge in [0.2, 0.25) is 9.76 Å². The molecule has 0 fully saturated rings. The Kier molecular flexibility index (Phi) is 8.60. The summed E-state index contributed by atoms with van der Waals surface area (Å²) in [6, 6.07) is 4.17. The third kappa shape index (κ3) is 8.67. The fraction of sp³-hybridized carbons (Fsp3) is 0.700. The summed E-state index contributed by atoms with van der Waals surface area (Å²) >= 11 is 3.27. The van der Waals surface area contributed by atoms with E-state index in [9.17, 15) is 13.2 Å². The van der Waals surface area contributed by atoms with Crippen molar-refractivity contribution in [1.29, 1.82) is 0 Å². The summed E-state index contributed by atoms with van der Waals surface area (Å²) < 4.78 is 48.4. The molecule has 0 aliphatic carbocycles. The van der Waals surface area contributed by atoms with Crippen molar-refractivity contribution in [2.75, 3.05) is 0 Å². The van der Waals surface area contributed by atoms with Crippen molar-refractivity contribution in [3.05, 3.63) is 34.3 Å². The quantitative estimate of drug-likeness (QED) is 0.431. The van der Waals surface area contributed by atoms with Gasteiger partial charge in [-0.25, -0.2) is 0 Å². The van der Waals surface area contributed by atoms with Crippen LogP contribution in [-0.2, 0) is 4.43 Å². The van der Waals surface area contributed by atoms with Crippen LogP contribution in [-0.4, -0.2) is 27.6 Å². The van der Waals surface area contributed by atoms with Crippen LogP contribution in [0.5, 0.6) is 0 Å². The number of rotatable bonds is 8. The Balaban J connectivity index is 3.16. The van der Waals surface area contributed by atoms with Gasteiger partial charge in [0.15, 0.2) is 0 Å². The van der Waals surface area contributed by atoms with Crippen molar-refractivity contribution in [3.8, 4) is 0 Å². The standard InChI is InChI=1S/C20H31BrF3NOSi/c1-13(2)11-16(19(6,7)26-27-18(3,4)5)25-17(20(22,23)24)14-9-8-10-15(21)12-14/h8-10,12-13,16-17,25H,11H2,1-7H3/t16-,17-/m0/s1. The van der Waals surface area contributed by atoms with Crippen molar-refractivity contribution < 1.29 is 17.6 Å². The number of hydrogen-bond acceptors (Lipinski definition) is 2. The molecule has 1 aromatic rings. The molecule has 0 aliphatic heterocycles. The molecule has 7 heteroatoms. The van der Waals surface area contributed by atoms with Gasteiger partial charge in [-0.15, -0.1) is 0 Å². The number of hydrogen-bond donors (Lipinski definition) is 1. The van der Waals surface area contributed by atoms with E-state index in [0.717, 1.165) is 0 Å². The van der Waals surface area contributed by atoms with Gasteiger partial charge >= 0.3 is 6.18 Å². The summed E-state index contributed by atoms with van der Waals surface area (Å²) in [5.74, 6) is 0.236. The summed E-state index contributed by atoms with van der Waals surface area (Å²) in [6.45, 7) is 14.0.